The summed E-state index contributed by atoms with van der Waals surface area (Å²) in [6.07, 6.45) is 0.741. The number of halogens is 1. The lowest BCUT2D eigenvalue weighted by Crippen LogP contribution is -2.38. The molecule has 0 bridgehead atoms. The van der Waals surface area contributed by atoms with Crippen LogP contribution in [0.3, 0.4) is 0 Å². The van der Waals surface area contributed by atoms with Crippen LogP contribution in [0, 0.1) is 5.82 Å². The Bertz CT molecular complexity index is 656. The third-order valence-electron chi connectivity index (χ3n) is 3.52. The lowest BCUT2D eigenvalue weighted by Gasteiger charge is -2.11. The summed E-state index contributed by atoms with van der Waals surface area (Å²) in [4.78, 5) is 4.57. The Morgan fingerprint density at radius 2 is 1.88 bits per heavy atom. The fraction of sp³-hybridized carbons (Fsp3) is 0.316. The third-order valence-corrected chi connectivity index (χ3v) is 3.52. The van der Waals surface area contributed by atoms with Crippen LogP contribution in [0.5, 0.6) is 5.75 Å². The number of guanidine groups is 1. The highest BCUT2D eigenvalue weighted by Gasteiger charge is 2.00. The van der Waals surface area contributed by atoms with Gasteiger partial charge in [0, 0.05) is 13.1 Å². The van der Waals surface area contributed by atoms with Crippen LogP contribution in [0.1, 0.15) is 18.1 Å². The van der Waals surface area contributed by atoms with Crippen LogP contribution in [-0.4, -0.2) is 26.2 Å². The number of hydrogen-bond acceptors (Lipinski definition) is 2. The molecule has 128 valence electrons. The lowest BCUT2D eigenvalue weighted by molar-refractivity contribution is 0.414. The minimum Gasteiger partial charge on any atom is -0.497 e. The third kappa shape index (κ3) is 5.91. The quantitative estimate of drug-likeness (QED) is 0.606. The largest absolute Gasteiger partial charge is 0.497 e. The van der Waals surface area contributed by atoms with E-state index in [1.54, 1.807) is 19.2 Å². The molecular weight excluding hydrogens is 305 g/mol. The first-order valence-corrected chi connectivity index (χ1v) is 8.11. The van der Waals surface area contributed by atoms with Gasteiger partial charge in [-0.15, -0.1) is 0 Å². The molecule has 0 atom stereocenters. The van der Waals surface area contributed by atoms with Crippen molar-refractivity contribution in [1.29, 1.82) is 0 Å². The maximum Gasteiger partial charge on any atom is 0.191 e. The second-order valence-electron chi connectivity index (χ2n) is 5.35. The number of aliphatic imine (C=N–C) groups is 1. The number of methoxy groups -OCH3 is 1. The number of nitrogens with one attached hydrogen (secondary N) is 2. The number of ether oxygens (including phenoxy) is 1. The van der Waals surface area contributed by atoms with E-state index in [1.807, 2.05) is 37.3 Å². The fourth-order valence-corrected chi connectivity index (χ4v) is 2.26. The summed E-state index contributed by atoms with van der Waals surface area (Å²) in [6.45, 7) is 4.09. The first-order chi connectivity index (χ1) is 11.7. The van der Waals surface area contributed by atoms with Gasteiger partial charge in [0.1, 0.15) is 11.6 Å². The van der Waals surface area contributed by atoms with E-state index in [0.717, 1.165) is 35.8 Å². The maximum atomic E-state index is 13.2. The van der Waals surface area contributed by atoms with Gasteiger partial charge in [0.15, 0.2) is 5.96 Å². The SMILES string of the molecule is CCNC(=NCc1ccc(OC)cc1)NCCc1cccc(F)c1. The molecule has 2 rings (SSSR count). The molecule has 0 aromatic heterocycles. The van der Waals surface area contributed by atoms with E-state index in [-0.39, 0.29) is 5.82 Å². The number of rotatable bonds is 7. The predicted octanol–water partition coefficient (Wildman–Crippen LogP) is 3.13. The van der Waals surface area contributed by atoms with Crippen molar-refractivity contribution in [3.05, 3.63) is 65.5 Å². The van der Waals surface area contributed by atoms with Crippen molar-refractivity contribution >= 4 is 5.96 Å². The van der Waals surface area contributed by atoms with Gasteiger partial charge in [-0.05, 0) is 48.7 Å². The zero-order chi connectivity index (χ0) is 17.2. The molecule has 0 aliphatic carbocycles. The van der Waals surface area contributed by atoms with Gasteiger partial charge in [-0.3, -0.25) is 0 Å². The van der Waals surface area contributed by atoms with Crippen LogP contribution in [0.2, 0.25) is 0 Å². The van der Waals surface area contributed by atoms with E-state index < -0.39 is 0 Å². The summed E-state index contributed by atoms with van der Waals surface area (Å²) < 4.78 is 18.3. The number of benzene rings is 2. The van der Waals surface area contributed by atoms with Gasteiger partial charge in [0.05, 0.1) is 13.7 Å². The molecule has 0 heterocycles. The highest BCUT2D eigenvalue weighted by Crippen LogP contribution is 2.11. The van der Waals surface area contributed by atoms with Crippen molar-refractivity contribution in [2.75, 3.05) is 20.2 Å². The Kier molecular flexibility index (Phi) is 7.08. The maximum absolute atomic E-state index is 13.2. The van der Waals surface area contributed by atoms with Crippen LogP contribution >= 0.6 is 0 Å². The molecule has 4 nitrogen and oxygen atoms in total. The van der Waals surface area contributed by atoms with Gasteiger partial charge in [0.2, 0.25) is 0 Å². The monoisotopic (exact) mass is 329 g/mol. The smallest absolute Gasteiger partial charge is 0.191 e. The first kappa shape index (κ1) is 17.8. The van der Waals surface area contributed by atoms with Gasteiger partial charge in [0.25, 0.3) is 0 Å². The molecule has 2 N–H and O–H groups in total. The second kappa shape index (κ2) is 9.55. The Hall–Kier alpha value is -2.56. The normalized spacial score (nSPS) is 11.2. The fourth-order valence-electron chi connectivity index (χ4n) is 2.26. The molecule has 0 aliphatic rings. The van der Waals surface area contributed by atoms with E-state index >= 15 is 0 Å². The summed E-state index contributed by atoms with van der Waals surface area (Å²) in [5, 5.41) is 6.49. The van der Waals surface area contributed by atoms with Crippen molar-refractivity contribution in [3.63, 3.8) is 0 Å². The zero-order valence-electron chi connectivity index (χ0n) is 14.2. The Morgan fingerprint density at radius 1 is 1.08 bits per heavy atom. The summed E-state index contributed by atoms with van der Waals surface area (Å²) in [5.41, 5.74) is 2.08. The second-order valence-corrected chi connectivity index (χ2v) is 5.35. The number of nitrogens with zero attached hydrogens (tertiary/aromatic N) is 1. The topological polar surface area (TPSA) is 45.7 Å². The summed E-state index contributed by atoms with van der Waals surface area (Å²) in [6, 6.07) is 14.5. The first-order valence-electron chi connectivity index (χ1n) is 8.11. The number of hydrogen-bond donors (Lipinski definition) is 2. The van der Waals surface area contributed by atoms with E-state index in [2.05, 4.69) is 15.6 Å². The van der Waals surface area contributed by atoms with Gasteiger partial charge in [-0.1, -0.05) is 24.3 Å². The van der Waals surface area contributed by atoms with Crippen molar-refractivity contribution in [2.45, 2.75) is 19.9 Å². The minimum atomic E-state index is -0.201. The molecule has 0 unspecified atom stereocenters. The average Bonchev–Trinajstić information content (AvgIpc) is 2.60. The molecule has 0 saturated heterocycles. The molecule has 0 saturated carbocycles. The van der Waals surface area contributed by atoms with Crippen LogP contribution in [0.15, 0.2) is 53.5 Å². The van der Waals surface area contributed by atoms with Crippen molar-refractivity contribution < 1.29 is 9.13 Å². The van der Waals surface area contributed by atoms with Gasteiger partial charge in [-0.25, -0.2) is 9.38 Å². The highest BCUT2D eigenvalue weighted by atomic mass is 19.1. The Balaban J connectivity index is 1.87. The molecule has 0 aliphatic heterocycles. The summed E-state index contributed by atoms with van der Waals surface area (Å²) >= 11 is 0. The molecule has 0 amide bonds. The lowest BCUT2D eigenvalue weighted by atomic mass is 10.1. The van der Waals surface area contributed by atoms with Crippen molar-refractivity contribution in [1.82, 2.24) is 10.6 Å². The van der Waals surface area contributed by atoms with E-state index in [1.165, 1.54) is 6.07 Å². The molecule has 2 aromatic carbocycles. The standard InChI is InChI=1S/C19H24FN3O/c1-3-21-19(22-12-11-15-5-4-6-17(20)13-15)23-14-16-7-9-18(24-2)10-8-16/h4-10,13H,3,11-12,14H2,1-2H3,(H2,21,22,23). The molecule has 24 heavy (non-hydrogen) atoms. The van der Waals surface area contributed by atoms with Gasteiger partial charge >= 0.3 is 0 Å². The van der Waals surface area contributed by atoms with Crippen LogP contribution in [0.25, 0.3) is 0 Å². The minimum absolute atomic E-state index is 0.201. The van der Waals surface area contributed by atoms with Crippen LogP contribution in [0.4, 0.5) is 4.39 Å². The molecule has 2 aromatic rings. The Morgan fingerprint density at radius 3 is 2.54 bits per heavy atom. The van der Waals surface area contributed by atoms with Gasteiger partial charge < -0.3 is 15.4 Å². The highest BCUT2D eigenvalue weighted by molar-refractivity contribution is 5.79. The molecule has 0 spiro atoms. The van der Waals surface area contributed by atoms with Crippen molar-refractivity contribution in [2.24, 2.45) is 4.99 Å². The van der Waals surface area contributed by atoms with E-state index in [9.17, 15) is 4.39 Å². The summed E-state index contributed by atoms with van der Waals surface area (Å²) in [7, 11) is 1.65. The van der Waals surface area contributed by atoms with E-state index in [4.69, 9.17) is 4.74 Å². The molecular formula is C19H24FN3O. The average molecular weight is 329 g/mol. The molecule has 5 heteroatoms. The van der Waals surface area contributed by atoms with Crippen LogP contribution in [-0.2, 0) is 13.0 Å². The van der Waals surface area contributed by atoms with Crippen molar-refractivity contribution in [3.8, 4) is 5.75 Å². The van der Waals surface area contributed by atoms with Gasteiger partial charge in [-0.2, -0.15) is 0 Å². The zero-order valence-corrected chi connectivity index (χ0v) is 14.2. The van der Waals surface area contributed by atoms with Crippen LogP contribution < -0.4 is 15.4 Å². The Labute approximate surface area is 142 Å². The molecule has 0 fully saturated rings. The predicted molar refractivity (Wildman–Crippen MR) is 95.9 cm³/mol. The van der Waals surface area contributed by atoms with E-state index in [0.29, 0.717) is 13.1 Å². The summed E-state index contributed by atoms with van der Waals surface area (Å²) in [5.74, 6) is 1.39. The molecule has 0 radical (unpaired) electrons.